The molecular formula is C13H19NO2. The Hall–Kier alpha value is -1.38. The van der Waals surface area contributed by atoms with Gasteiger partial charge < -0.3 is 4.90 Å². The molecule has 16 heavy (non-hydrogen) atoms. The molecule has 88 valence electrons. The van der Waals surface area contributed by atoms with E-state index < -0.39 is 5.41 Å². The molecule has 0 aromatic heterocycles. The highest BCUT2D eigenvalue weighted by Gasteiger charge is 2.33. The van der Waals surface area contributed by atoms with Crippen molar-refractivity contribution in [1.82, 2.24) is 0 Å². The molecule has 0 aliphatic rings. The van der Waals surface area contributed by atoms with Gasteiger partial charge in [-0.3, -0.25) is 9.59 Å². The van der Waals surface area contributed by atoms with E-state index in [-0.39, 0.29) is 10.9 Å². The fourth-order valence-corrected chi connectivity index (χ4v) is 1.92. The fourth-order valence-electron chi connectivity index (χ4n) is 1.92. The maximum absolute atomic E-state index is 11.6. The van der Waals surface area contributed by atoms with Crippen molar-refractivity contribution in [2.45, 2.75) is 33.1 Å². The van der Waals surface area contributed by atoms with E-state index in [2.05, 4.69) is 6.58 Å². The van der Waals surface area contributed by atoms with Crippen LogP contribution in [0, 0.1) is 0 Å². The summed E-state index contributed by atoms with van der Waals surface area (Å²) in [5.74, 6) is 0. The molecule has 0 aliphatic heterocycles. The van der Waals surface area contributed by atoms with E-state index in [1.807, 2.05) is 32.6 Å². The molecule has 0 aliphatic carbocycles. The summed E-state index contributed by atoms with van der Waals surface area (Å²) in [4.78, 5) is 25.2. The first-order valence-electron chi connectivity index (χ1n) is 5.63. The lowest BCUT2D eigenvalue weighted by Gasteiger charge is -2.30. The normalized spacial score (nSPS) is 11.8. The Morgan fingerprint density at radius 1 is 1.19 bits per heavy atom. The van der Waals surface area contributed by atoms with Gasteiger partial charge in [-0.1, -0.05) is 19.9 Å². The number of hydrogen-bond acceptors (Lipinski definition) is 3. The number of nitrogens with zero attached hydrogens (tertiary/aromatic N) is 1. The highest BCUT2D eigenvalue weighted by molar-refractivity contribution is 5.62. The second kappa shape index (κ2) is 4.24. The van der Waals surface area contributed by atoms with Crippen LogP contribution in [-0.2, 0) is 5.41 Å². The molecule has 0 saturated heterocycles. The molecule has 0 fully saturated rings. The maximum Gasteiger partial charge on any atom is 0.249 e. The van der Waals surface area contributed by atoms with Gasteiger partial charge in [0.1, 0.15) is 0 Å². The van der Waals surface area contributed by atoms with Gasteiger partial charge in [0.25, 0.3) is 0 Å². The predicted octanol–water partition coefficient (Wildman–Crippen LogP) is 1.59. The van der Waals surface area contributed by atoms with Crippen LogP contribution in [0.1, 0.15) is 33.3 Å². The molecule has 0 bridgehead atoms. The lowest BCUT2D eigenvalue weighted by molar-refractivity contribution is 0.648. The van der Waals surface area contributed by atoms with Gasteiger partial charge in [-0.05, 0) is 13.8 Å². The van der Waals surface area contributed by atoms with E-state index in [1.165, 1.54) is 0 Å². The summed E-state index contributed by atoms with van der Waals surface area (Å²) in [6.07, 6.45) is 1.72. The van der Waals surface area contributed by atoms with Gasteiger partial charge in [-0.2, -0.15) is 0 Å². The summed E-state index contributed by atoms with van der Waals surface area (Å²) >= 11 is 0. The van der Waals surface area contributed by atoms with Crippen LogP contribution in [0.3, 0.4) is 0 Å². The molecule has 0 heterocycles. The summed E-state index contributed by atoms with van der Waals surface area (Å²) in [5, 5.41) is 0. The van der Waals surface area contributed by atoms with Crippen LogP contribution >= 0.6 is 0 Å². The molecule has 1 aromatic rings. The Labute approximate surface area is 96.1 Å². The van der Waals surface area contributed by atoms with Gasteiger partial charge >= 0.3 is 0 Å². The Bertz CT molecular complexity index is 460. The molecule has 3 heteroatoms. The quantitative estimate of drug-likeness (QED) is 0.560. The highest BCUT2D eigenvalue weighted by Crippen LogP contribution is 2.29. The third kappa shape index (κ3) is 1.70. The molecule has 1 aromatic carbocycles. The Balaban J connectivity index is 3.33. The number of hydrogen-bond donors (Lipinski definition) is 0. The SMILES string of the molecule is C=CC(C)(C)c1c(N(CC)CC)c(=O)c1=O. The third-order valence-corrected chi connectivity index (χ3v) is 3.12. The first kappa shape index (κ1) is 12.7. The summed E-state index contributed by atoms with van der Waals surface area (Å²) in [6.45, 7) is 13.0. The molecular weight excluding hydrogens is 202 g/mol. The second-order valence-corrected chi connectivity index (χ2v) is 4.48. The Morgan fingerprint density at radius 2 is 1.69 bits per heavy atom. The monoisotopic (exact) mass is 221 g/mol. The topological polar surface area (TPSA) is 37.4 Å². The van der Waals surface area contributed by atoms with Crippen LogP contribution in [-0.4, -0.2) is 13.1 Å². The molecule has 0 saturated carbocycles. The van der Waals surface area contributed by atoms with Crippen molar-refractivity contribution in [2.24, 2.45) is 0 Å². The first-order valence-corrected chi connectivity index (χ1v) is 5.63. The van der Waals surface area contributed by atoms with Gasteiger partial charge in [-0.15, -0.1) is 6.58 Å². The fraction of sp³-hybridized carbons (Fsp3) is 0.538. The highest BCUT2D eigenvalue weighted by atomic mass is 16.2. The van der Waals surface area contributed by atoms with Crippen LogP contribution in [0.4, 0.5) is 5.69 Å². The maximum atomic E-state index is 11.6. The summed E-state index contributed by atoms with van der Waals surface area (Å²) < 4.78 is 0. The first-order chi connectivity index (χ1) is 7.40. The molecule has 3 nitrogen and oxygen atoms in total. The van der Waals surface area contributed by atoms with Crippen molar-refractivity contribution in [1.29, 1.82) is 0 Å². The summed E-state index contributed by atoms with van der Waals surface area (Å²) in [5.41, 5.74) is 0.0552. The molecule has 0 unspecified atom stereocenters. The van der Waals surface area contributed by atoms with Gasteiger partial charge in [0.15, 0.2) is 0 Å². The number of allylic oxidation sites excluding steroid dienone is 1. The van der Waals surface area contributed by atoms with Crippen molar-refractivity contribution in [2.75, 3.05) is 18.0 Å². The molecule has 0 atom stereocenters. The van der Waals surface area contributed by atoms with Crippen molar-refractivity contribution in [3.05, 3.63) is 38.7 Å². The lowest BCUT2D eigenvalue weighted by atomic mass is 9.80. The third-order valence-electron chi connectivity index (χ3n) is 3.12. The molecule has 1 rings (SSSR count). The Morgan fingerprint density at radius 3 is 2.06 bits per heavy atom. The smallest absolute Gasteiger partial charge is 0.249 e. The average Bonchev–Trinajstić information content (AvgIpc) is 2.28. The Kier molecular flexibility index (Phi) is 3.36. The van der Waals surface area contributed by atoms with E-state index in [4.69, 9.17) is 0 Å². The zero-order chi connectivity index (χ0) is 12.5. The van der Waals surface area contributed by atoms with Crippen molar-refractivity contribution in [3.63, 3.8) is 0 Å². The van der Waals surface area contributed by atoms with Crippen molar-refractivity contribution >= 4 is 5.69 Å². The average molecular weight is 221 g/mol. The van der Waals surface area contributed by atoms with Gasteiger partial charge in [0.2, 0.25) is 10.9 Å². The van der Waals surface area contributed by atoms with E-state index >= 15 is 0 Å². The molecule has 0 amide bonds. The van der Waals surface area contributed by atoms with Crippen molar-refractivity contribution < 1.29 is 0 Å². The van der Waals surface area contributed by atoms with Crippen LogP contribution in [0.15, 0.2) is 22.2 Å². The second-order valence-electron chi connectivity index (χ2n) is 4.48. The molecule has 0 radical (unpaired) electrons. The predicted molar refractivity (Wildman–Crippen MR) is 68.1 cm³/mol. The number of anilines is 1. The molecule has 0 spiro atoms. The van der Waals surface area contributed by atoms with Gasteiger partial charge in [0, 0.05) is 24.1 Å². The van der Waals surface area contributed by atoms with Gasteiger partial charge in [-0.25, -0.2) is 0 Å². The van der Waals surface area contributed by atoms with Crippen LogP contribution in [0.2, 0.25) is 0 Å². The largest absolute Gasteiger partial charge is 0.368 e. The minimum Gasteiger partial charge on any atom is -0.368 e. The summed E-state index contributed by atoms with van der Waals surface area (Å²) in [7, 11) is 0. The lowest BCUT2D eigenvalue weighted by Crippen LogP contribution is -2.47. The zero-order valence-electron chi connectivity index (χ0n) is 10.5. The van der Waals surface area contributed by atoms with E-state index in [0.29, 0.717) is 11.3 Å². The van der Waals surface area contributed by atoms with Crippen LogP contribution in [0.5, 0.6) is 0 Å². The standard InChI is InChI=1S/C13H19NO2/c1-6-13(4,5)9-10(12(16)11(9)15)14(7-2)8-3/h6H,1,7-8H2,2-5H3. The van der Waals surface area contributed by atoms with Crippen LogP contribution in [0.25, 0.3) is 0 Å². The number of rotatable bonds is 5. The van der Waals surface area contributed by atoms with E-state index in [0.717, 1.165) is 13.1 Å². The van der Waals surface area contributed by atoms with E-state index in [9.17, 15) is 9.59 Å². The van der Waals surface area contributed by atoms with Crippen LogP contribution < -0.4 is 15.8 Å². The molecule has 0 N–H and O–H groups in total. The summed E-state index contributed by atoms with van der Waals surface area (Å²) in [6, 6.07) is 0. The van der Waals surface area contributed by atoms with Crippen molar-refractivity contribution in [3.8, 4) is 0 Å². The zero-order valence-corrected chi connectivity index (χ0v) is 10.5. The van der Waals surface area contributed by atoms with E-state index in [1.54, 1.807) is 6.08 Å². The van der Waals surface area contributed by atoms with Gasteiger partial charge in [0.05, 0.1) is 5.69 Å². The minimum atomic E-state index is -0.428. The minimum absolute atomic E-state index is 0.353.